The summed E-state index contributed by atoms with van der Waals surface area (Å²) in [5, 5.41) is 0.705. The molecule has 4 fully saturated rings. The molecule has 0 amide bonds. The van der Waals surface area contributed by atoms with Crippen molar-refractivity contribution in [3.05, 3.63) is 0 Å². The Kier molecular flexibility index (Phi) is 5.60. The maximum atomic E-state index is 5.06. The van der Waals surface area contributed by atoms with Gasteiger partial charge < -0.3 is 0 Å². The predicted molar refractivity (Wildman–Crippen MR) is 102 cm³/mol. The summed E-state index contributed by atoms with van der Waals surface area (Å²) in [6, 6.07) is 1.77. The van der Waals surface area contributed by atoms with Crippen LogP contribution in [0.5, 0.6) is 0 Å². The molecular weight excluding hydrogens is 298 g/mol. The average Bonchev–Trinajstić information content (AvgIpc) is 3.19. The minimum atomic E-state index is 0.705. The van der Waals surface area contributed by atoms with Gasteiger partial charge in [-0.3, -0.25) is 4.90 Å². The molecule has 2 heterocycles. The second kappa shape index (κ2) is 7.68. The van der Waals surface area contributed by atoms with Crippen LogP contribution in [0.4, 0.5) is 0 Å². The van der Waals surface area contributed by atoms with E-state index in [4.69, 9.17) is 12.6 Å². The molecular formula is C21H37NS. The van der Waals surface area contributed by atoms with Crippen LogP contribution in [-0.2, 0) is 0 Å². The molecule has 23 heavy (non-hydrogen) atoms. The van der Waals surface area contributed by atoms with Crippen molar-refractivity contribution in [2.75, 3.05) is 6.54 Å². The molecule has 0 bridgehead atoms. The first-order chi connectivity index (χ1) is 11.4. The van der Waals surface area contributed by atoms with Gasteiger partial charge in [0.05, 0.1) is 0 Å². The smallest absolute Gasteiger partial charge is 0.0260 e. The first kappa shape index (κ1) is 16.8. The van der Waals surface area contributed by atoms with E-state index in [-0.39, 0.29) is 0 Å². The summed E-state index contributed by atoms with van der Waals surface area (Å²) in [6.45, 7) is 1.38. The highest BCUT2D eigenvalue weighted by molar-refractivity contribution is 7.81. The highest BCUT2D eigenvalue weighted by Crippen LogP contribution is 2.57. The molecule has 0 aromatic rings. The summed E-state index contributed by atoms with van der Waals surface area (Å²) in [5.41, 5.74) is 0. The molecule has 4 aliphatic rings. The Bertz CT molecular complexity index is 384. The molecule has 2 aliphatic heterocycles. The van der Waals surface area contributed by atoms with E-state index in [0.717, 1.165) is 29.8 Å². The van der Waals surface area contributed by atoms with Crippen LogP contribution < -0.4 is 0 Å². The largest absolute Gasteiger partial charge is 0.296 e. The molecule has 0 radical (unpaired) electrons. The van der Waals surface area contributed by atoms with E-state index in [9.17, 15) is 0 Å². The zero-order valence-electron chi connectivity index (χ0n) is 15.0. The van der Waals surface area contributed by atoms with Gasteiger partial charge in [0.15, 0.2) is 0 Å². The van der Waals surface area contributed by atoms with E-state index in [2.05, 4.69) is 4.90 Å². The minimum absolute atomic E-state index is 0.705. The molecule has 2 heteroatoms. The molecule has 132 valence electrons. The average molecular weight is 336 g/mol. The maximum Gasteiger partial charge on any atom is 0.0260 e. The zero-order chi connectivity index (χ0) is 15.6. The summed E-state index contributed by atoms with van der Waals surface area (Å²) in [6.07, 6.45) is 20.9. The molecule has 0 spiro atoms. The fraction of sp³-hybridized carbons (Fsp3) is 1.00. The van der Waals surface area contributed by atoms with Crippen LogP contribution in [0.2, 0.25) is 0 Å². The van der Waals surface area contributed by atoms with E-state index in [0.29, 0.717) is 5.25 Å². The topological polar surface area (TPSA) is 3.24 Å². The monoisotopic (exact) mass is 335 g/mol. The van der Waals surface area contributed by atoms with Crippen molar-refractivity contribution >= 4 is 12.6 Å². The number of hydrogen-bond donors (Lipinski definition) is 1. The summed E-state index contributed by atoms with van der Waals surface area (Å²) in [7, 11) is 0. The van der Waals surface area contributed by atoms with E-state index >= 15 is 0 Å². The van der Waals surface area contributed by atoms with Crippen LogP contribution >= 0.6 is 12.6 Å². The van der Waals surface area contributed by atoms with E-state index in [1.54, 1.807) is 0 Å². The van der Waals surface area contributed by atoms with Crippen molar-refractivity contribution in [2.45, 2.75) is 107 Å². The van der Waals surface area contributed by atoms with Gasteiger partial charge in [-0.2, -0.15) is 12.6 Å². The van der Waals surface area contributed by atoms with Crippen molar-refractivity contribution in [2.24, 2.45) is 17.8 Å². The van der Waals surface area contributed by atoms with Crippen LogP contribution in [0.3, 0.4) is 0 Å². The van der Waals surface area contributed by atoms with E-state index in [1.165, 1.54) is 96.4 Å². The lowest BCUT2D eigenvalue weighted by atomic mass is 9.72. The molecule has 1 nitrogen and oxygen atoms in total. The molecule has 0 N–H and O–H groups in total. The van der Waals surface area contributed by atoms with Crippen molar-refractivity contribution in [1.29, 1.82) is 0 Å². The Morgan fingerprint density at radius 2 is 1.17 bits per heavy atom. The number of thiol groups is 1. The molecule has 6 atom stereocenters. The number of rotatable bonds is 0. The van der Waals surface area contributed by atoms with Gasteiger partial charge in [-0.15, -0.1) is 0 Å². The SMILES string of the molecule is S[C@@H]1C2C3CCCCCCCCC3C3CCCCCCCN3C21. The Morgan fingerprint density at radius 3 is 1.91 bits per heavy atom. The Morgan fingerprint density at radius 1 is 0.609 bits per heavy atom. The van der Waals surface area contributed by atoms with Gasteiger partial charge in [-0.25, -0.2) is 0 Å². The number of hydrogen-bond acceptors (Lipinski definition) is 2. The van der Waals surface area contributed by atoms with Crippen molar-refractivity contribution < 1.29 is 0 Å². The van der Waals surface area contributed by atoms with Crippen LogP contribution in [0.1, 0.15) is 89.9 Å². The van der Waals surface area contributed by atoms with Gasteiger partial charge in [-0.1, -0.05) is 64.2 Å². The fourth-order valence-corrected chi connectivity index (χ4v) is 7.08. The van der Waals surface area contributed by atoms with Crippen LogP contribution in [0, 0.1) is 17.8 Å². The number of fused-ring (bicyclic) bond motifs is 6. The van der Waals surface area contributed by atoms with E-state index in [1.807, 2.05) is 0 Å². The van der Waals surface area contributed by atoms with Crippen molar-refractivity contribution in [1.82, 2.24) is 4.90 Å². The second-order valence-corrected chi connectivity index (χ2v) is 9.54. The fourth-order valence-electron chi connectivity index (χ4n) is 6.42. The zero-order valence-corrected chi connectivity index (χ0v) is 15.9. The predicted octanol–water partition coefficient (Wildman–Crippen LogP) is 5.69. The summed E-state index contributed by atoms with van der Waals surface area (Å²) in [5.74, 6) is 2.96. The quantitative estimate of drug-likeness (QED) is 0.557. The lowest BCUT2D eigenvalue weighted by Gasteiger charge is -2.46. The van der Waals surface area contributed by atoms with Gasteiger partial charge >= 0.3 is 0 Å². The standard InChI is InChI=1S/C21H37NS/c23-21-19-17-13-9-5-2-1-4-8-12-16(17)18-14-10-6-3-7-11-15-22(18)20(19)21/h16-21,23H,1-15H2/t16?,17?,18?,19?,20?,21-/m1/s1. The molecule has 2 aliphatic carbocycles. The Labute approximate surface area is 149 Å². The minimum Gasteiger partial charge on any atom is -0.296 e. The molecule has 0 aromatic heterocycles. The maximum absolute atomic E-state index is 5.06. The van der Waals surface area contributed by atoms with Gasteiger partial charge in [0, 0.05) is 17.3 Å². The molecule has 2 saturated heterocycles. The van der Waals surface area contributed by atoms with E-state index < -0.39 is 0 Å². The van der Waals surface area contributed by atoms with Gasteiger partial charge in [0.1, 0.15) is 0 Å². The van der Waals surface area contributed by atoms with Crippen LogP contribution in [0.25, 0.3) is 0 Å². The Balaban J connectivity index is 1.55. The Hall–Kier alpha value is 0.310. The summed E-state index contributed by atoms with van der Waals surface area (Å²) < 4.78 is 0. The third kappa shape index (κ3) is 3.50. The van der Waals surface area contributed by atoms with Crippen LogP contribution in [-0.4, -0.2) is 28.8 Å². The second-order valence-electron chi connectivity index (χ2n) is 8.95. The van der Waals surface area contributed by atoms with Crippen molar-refractivity contribution in [3.8, 4) is 0 Å². The number of nitrogens with zero attached hydrogens (tertiary/aromatic N) is 1. The molecule has 4 rings (SSSR count). The van der Waals surface area contributed by atoms with Crippen LogP contribution in [0.15, 0.2) is 0 Å². The van der Waals surface area contributed by atoms with Gasteiger partial charge in [0.2, 0.25) is 0 Å². The highest BCUT2D eigenvalue weighted by Gasteiger charge is 2.62. The lowest BCUT2D eigenvalue weighted by molar-refractivity contribution is 0.0244. The first-order valence-corrected chi connectivity index (χ1v) is 11.3. The van der Waals surface area contributed by atoms with Crippen molar-refractivity contribution in [3.63, 3.8) is 0 Å². The molecule has 2 saturated carbocycles. The normalized spacial score (nSPS) is 46.3. The number of piperidine rings is 1. The van der Waals surface area contributed by atoms with Gasteiger partial charge in [-0.05, 0) is 50.0 Å². The summed E-state index contributed by atoms with van der Waals surface area (Å²) in [4.78, 5) is 2.99. The highest BCUT2D eigenvalue weighted by atomic mass is 32.1. The third-order valence-electron chi connectivity index (χ3n) is 7.59. The van der Waals surface area contributed by atoms with Gasteiger partial charge in [0.25, 0.3) is 0 Å². The molecule has 0 aromatic carbocycles. The summed E-state index contributed by atoms with van der Waals surface area (Å²) >= 11 is 5.06. The molecule has 5 unspecified atom stereocenters. The lowest BCUT2D eigenvalue weighted by Crippen LogP contribution is -2.50. The first-order valence-electron chi connectivity index (χ1n) is 10.8. The third-order valence-corrected chi connectivity index (χ3v) is 8.24.